The molecule has 1 rings (SSSR count). The molecule has 0 aromatic heterocycles. The van der Waals surface area contributed by atoms with Crippen molar-refractivity contribution < 1.29 is 19.1 Å². The van der Waals surface area contributed by atoms with Crippen molar-refractivity contribution in [1.29, 1.82) is 0 Å². The molecule has 0 aromatic carbocycles. The summed E-state index contributed by atoms with van der Waals surface area (Å²) >= 11 is 0. The summed E-state index contributed by atoms with van der Waals surface area (Å²) in [6.07, 6.45) is 19.7. The summed E-state index contributed by atoms with van der Waals surface area (Å²) in [5.41, 5.74) is 1.04. The average molecular weight is 391 g/mol. The van der Waals surface area contributed by atoms with Gasteiger partial charge in [0.05, 0.1) is 13.2 Å². The molecule has 0 atom stereocenters. The molecule has 158 valence electrons. The fraction of sp³-hybridized carbons (Fsp3) is 0.667. The summed E-state index contributed by atoms with van der Waals surface area (Å²) in [5.74, 6) is -0.707. The molecule has 0 spiro atoms. The molecule has 0 radical (unpaired) electrons. The van der Waals surface area contributed by atoms with Gasteiger partial charge in [-0.15, -0.1) is 0 Å². The van der Waals surface area contributed by atoms with E-state index in [-0.39, 0.29) is 11.9 Å². The highest BCUT2D eigenvalue weighted by Gasteiger charge is 2.25. The van der Waals surface area contributed by atoms with Gasteiger partial charge in [0.15, 0.2) is 0 Å². The molecular weight excluding hydrogens is 352 g/mol. The SMILES string of the molecule is CCCC/C=C/CCOC(=O)C1=C(C(=O)OCC/C=C/CCCC)CCCC1. The third kappa shape index (κ3) is 10.5. The molecule has 4 heteroatoms. The Labute approximate surface area is 171 Å². The Kier molecular flexibility index (Phi) is 14.0. The van der Waals surface area contributed by atoms with E-state index < -0.39 is 0 Å². The van der Waals surface area contributed by atoms with Gasteiger partial charge in [-0.2, -0.15) is 0 Å². The zero-order valence-electron chi connectivity index (χ0n) is 17.8. The van der Waals surface area contributed by atoms with Gasteiger partial charge in [-0.3, -0.25) is 0 Å². The molecule has 0 aliphatic heterocycles. The minimum Gasteiger partial charge on any atom is -0.462 e. The number of rotatable bonds is 14. The minimum atomic E-state index is -0.354. The largest absolute Gasteiger partial charge is 0.462 e. The quantitative estimate of drug-likeness (QED) is 0.201. The van der Waals surface area contributed by atoms with Crippen LogP contribution in [0.25, 0.3) is 0 Å². The highest BCUT2D eigenvalue weighted by atomic mass is 16.5. The summed E-state index contributed by atoms with van der Waals surface area (Å²) in [6.45, 7) is 5.05. The van der Waals surface area contributed by atoms with Crippen LogP contribution in [-0.2, 0) is 19.1 Å². The van der Waals surface area contributed by atoms with Crippen molar-refractivity contribution >= 4 is 11.9 Å². The van der Waals surface area contributed by atoms with Crippen molar-refractivity contribution in [3.05, 3.63) is 35.5 Å². The van der Waals surface area contributed by atoms with Gasteiger partial charge in [-0.05, 0) is 51.4 Å². The van der Waals surface area contributed by atoms with Gasteiger partial charge in [0.1, 0.15) is 0 Å². The molecule has 28 heavy (non-hydrogen) atoms. The van der Waals surface area contributed by atoms with Crippen molar-refractivity contribution in [3.8, 4) is 0 Å². The van der Waals surface area contributed by atoms with Crippen LogP contribution in [0.4, 0.5) is 0 Å². The lowest BCUT2D eigenvalue weighted by Crippen LogP contribution is -2.20. The standard InChI is InChI=1S/C24H38O4/c1-3-5-7-9-11-15-19-27-23(25)21-17-13-14-18-22(21)24(26)28-20-16-12-10-8-6-4-2/h9-12H,3-8,13-20H2,1-2H3/b11-9+,12-10+. The predicted molar refractivity (Wildman–Crippen MR) is 114 cm³/mol. The Bertz CT molecular complexity index is 495. The molecule has 0 heterocycles. The number of carbonyl (C=O) groups is 2. The number of esters is 2. The molecule has 0 amide bonds. The van der Waals surface area contributed by atoms with Crippen LogP contribution in [0, 0.1) is 0 Å². The first kappa shape index (κ1) is 24.2. The smallest absolute Gasteiger partial charge is 0.334 e. The van der Waals surface area contributed by atoms with Gasteiger partial charge < -0.3 is 9.47 Å². The Morgan fingerprint density at radius 2 is 1.11 bits per heavy atom. The normalized spacial score (nSPS) is 14.8. The van der Waals surface area contributed by atoms with E-state index in [1.54, 1.807) is 0 Å². The first-order valence-electron chi connectivity index (χ1n) is 11.1. The third-order valence-corrected chi connectivity index (χ3v) is 4.78. The lowest BCUT2D eigenvalue weighted by Gasteiger charge is -2.18. The summed E-state index contributed by atoms with van der Waals surface area (Å²) < 4.78 is 10.8. The molecule has 0 aromatic rings. The summed E-state index contributed by atoms with van der Waals surface area (Å²) in [5, 5.41) is 0. The van der Waals surface area contributed by atoms with Gasteiger partial charge in [0.25, 0.3) is 0 Å². The van der Waals surface area contributed by atoms with Crippen LogP contribution in [-0.4, -0.2) is 25.2 Å². The maximum Gasteiger partial charge on any atom is 0.334 e. The Morgan fingerprint density at radius 1 is 0.714 bits per heavy atom. The summed E-state index contributed by atoms with van der Waals surface area (Å²) in [4.78, 5) is 24.8. The van der Waals surface area contributed by atoms with Crippen molar-refractivity contribution in [1.82, 2.24) is 0 Å². The first-order valence-corrected chi connectivity index (χ1v) is 11.1. The molecule has 0 bridgehead atoms. The van der Waals surface area contributed by atoms with Crippen LogP contribution in [0.3, 0.4) is 0 Å². The number of allylic oxidation sites excluding steroid dienone is 2. The molecule has 1 aliphatic carbocycles. The van der Waals surface area contributed by atoms with Crippen LogP contribution in [0.2, 0.25) is 0 Å². The lowest BCUT2D eigenvalue weighted by atomic mass is 9.92. The van der Waals surface area contributed by atoms with E-state index in [1.165, 1.54) is 25.7 Å². The van der Waals surface area contributed by atoms with Gasteiger partial charge in [-0.1, -0.05) is 63.8 Å². The first-order chi connectivity index (χ1) is 13.7. The topological polar surface area (TPSA) is 52.6 Å². The molecule has 0 fully saturated rings. The number of hydrogen-bond acceptors (Lipinski definition) is 4. The Balaban J connectivity index is 2.42. The van der Waals surface area contributed by atoms with Gasteiger partial charge in [-0.25, -0.2) is 9.59 Å². The van der Waals surface area contributed by atoms with E-state index in [0.717, 1.165) is 25.7 Å². The second-order valence-corrected chi connectivity index (χ2v) is 7.24. The molecule has 0 unspecified atom stereocenters. The van der Waals surface area contributed by atoms with Gasteiger partial charge >= 0.3 is 11.9 Å². The van der Waals surface area contributed by atoms with E-state index in [9.17, 15) is 9.59 Å². The monoisotopic (exact) mass is 390 g/mol. The molecule has 0 saturated heterocycles. The van der Waals surface area contributed by atoms with E-state index in [0.29, 0.717) is 50.0 Å². The van der Waals surface area contributed by atoms with Crippen LogP contribution >= 0.6 is 0 Å². The van der Waals surface area contributed by atoms with Crippen LogP contribution in [0.1, 0.15) is 90.9 Å². The highest BCUT2D eigenvalue weighted by molar-refractivity contribution is 6.00. The van der Waals surface area contributed by atoms with E-state index in [2.05, 4.69) is 38.2 Å². The molecule has 0 N–H and O–H groups in total. The third-order valence-electron chi connectivity index (χ3n) is 4.78. The summed E-state index contributed by atoms with van der Waals surface area (Å²) in [7, 11) is 0. The van der Waals surface area contributed by atoms with Crippen molar-refractivity contribution in [2.45, 2.75) is 90.9 Å². The molecule has 1 aliphatic rings. The number of unbranched alkanes of at least 4 members (excludes halogenated alkanes) is 4. The van der Waals surface area contributed by atoms with E-state index >= 15 is 0 Å². The van der Waals surface area contributed by atoms with Crippen LogP contribution < -0.4 is 0 Å². The van der Waals surface area contributed by atoms with E-state index in [1.807, 2.05) is 0 Å². The second kappa shape index (κ2) is 16.1. The van der Waals surface area contributed by atoms with Crippen molar-refractivity contribution in [2.75, 3.05) is 13.2 Å². The van der Waals surface area contributed by atoms with Gasteiger partial charge in [0.2, 0.25) is 0 Å². The molecule has 4 nitrogen and oxygen atoms in total. The lowest BCUT2D eigenvalue weighted by molar-refractivity contribution is -0.142. The Morgan fingerprint density at radius 3 is 1.50 bits per heavy atom. The van der Waals surface area contributed by atoms with Crippen LogP contribution in [0.5, 0.6) is 0 Å². The average Bonchev–Trinajstić information content (AvgIpc) is 2.72. The zero-order valence-corrected chi connectivity index (χ0v) is 17.8. The number of ether oxygens (including phenoxy) is 2. The molecular formula is C24H38O4. The van der Waals surface area contributed by atoms with Crippen molar-refractivity contribution in [3.63, 3.8) is 0 Å². The second-order valence-electron chi connectivity index (χ2n) is 7.24. The van der Waals surface area contributed by atoms with Crippen LogP contribution in [0.15, 0.2) is 35.5 Å². The number of hydrogen-bond donors (Lipinski definition) is 0. The Hall–Kier alpha value is -1.84. The minimum absolute atomic E-state index is 0.354. The number of carbonyl (C=O) groups excluding carboxylic acids is 2. The molecule has 0 saturated carbocycles. The fourth-order valence-corrected chi connectivity index (χ4v) is 3.08. The summed E-state index contributed by atoms with van der Waals surface area (Å²) in [6, 6.07) is 0. The van der Waals surface area contributed by atoms with Gasteiger partial charge in [0, 0.05) is 11.1 Å². The fourth-order valence-electron chi connectivity index (χ4n) is 3.08. The maximum atomic E-state index is 12.4. The van der Waals surface area contributed by atoms with E-state index in [4.69, 9.17) is 9.47 Å². The highest BCUT2D eigenvalue weighted by Crippen LogP contribution is 2.26. The zero-order chi connectivity index (χ0) is 20.5. The van der Waals surface area contributed by atoms with Crippen molar-refractivity contribution in [2.24, 2.45) is 0 Å². The predicted octanol–water partition coefficient (Wildman–Crippen LogP) is 6.22. The maximum absolute atomic E-state index is 12.4.